The van der Waals surface area contributed by atoms with Crippen molar-refractivity contribution in [2.45, 2.75) is 31.6 Å². The molecular weight excluding hydrogens is 426 g/mol. The lowest BCUT2D eigenvalue weighted by Crippen LogP contribution is -2.21. The van der Waals surface area contributed by atoms with Crippen molar-refractivity contribution in [2.75, 3.05) is 11.9 Å². The smallest absolute Gasteiger partial charge is 0.341 e. The van der Waals surface area contributed by atoms with Crippen LogP contribution in [0.15, 0.2) is 46.1 Å². The fourth-order valence-corrected chi connectivity index (χ4v) is 3.90. The van der Waals surface area contributed by atoms with Gasteiger partial charge in [-0.1, -0.05) is 22.8 Å². The van der Waals surface area contributed by atoms with E-state index in [1.807, 2.05) is 20.8 Å². The molecule has 3 aromatic rings. The van der Waals surface area contributed by atoms with Gasteiger partial charge >= 0.3 is 5.97 Å². The Morgan fingerprint density at radius 2 is 2.03 bits per heavy atom. The van der Waals surface area contributed by atoms with Crippen molar-refractivity contribution < 1.29 is 18.8 Å². The number of aryl methyl sites for hydroxylation is 3. The Bertz CT molecular complexity index is 1060. The minimum atomic E-state index is -0.624. The predicted octanol–water partition coefficient (Wildman–Crippen LogP) is 4.74. The third kappa shape index (κ3) is 5.40. The maximum atomic E-state index is 12.5. The lowest BCUT2D eigenvalue weighted by Gasteiger charge is -2.09. The second-order valence-corrected chi connectivity index (χ2v) is 7.91. The van der Waals surface area contributed by atoms with Gasteiger partial charge in [0.25, 0.3) is 5.91 Å². The van der Waals surface area contributed by atoms with Crippen LogP contribution >= 0.6 is 23.4 Å². The number of halogens is 1. The molecule has 3 rings (SSSR count). The Labute approximate surface area is 183 Å². The summed E-state index contributed by atoms with van der Waals surface area (Å²) in [5, 5.41) is 7.62. The van der Waals surface area contributed by atoms with Gasteiger partial charge in [0.15, 0.2) is 6.61 Å². The summed E-state index contributed by atoms with van der Waals surface area (Å²) in [6.45, 7) is 5.14. The first kappa shape index (κ1) is 21.9. The number of carbonyl (C=O) groups excluding carboxylic acids is 2. The molecule has 0 saturated heterocycles. The van der Waals surface area contributed by atoms with Crippen LogP contribution in [0.1, 0.15) is 32.9 Å². The maximum absolute atomic E-state index is 12.5. The highest BCUT2D eigenvalue weighted by atomic mass is 35.5. The molecular formula is C21H20ClN3O4S. The summed E-state index contributed by atoms with van der Waals surface area (Å²) in [6.07, 6.45) is 1.60. The van der Waals surface area contributed by atoms with Crippen molar-refractivity contribution >= 4 is 40.9 Å². The SMILES string of the molecule is Cc1ccc(NC(=O)COC(=O)c2cccnc2SCc2c(C)noc2C)cc1Cl. The van der Waals surface area contributed by atoms with E-state index in [0.29, 0.717) is 27.1 Å². The number of nitrogens with one attached hydrogen (secondary N) is 1. The highest BCUT2D eigenvalue weighted by Crippen LogP contribution is 2.27. The van der Waals surface area contributed by atoms with Crippen molar-refractivity contribution in [1.82, 2.24) is 10.1 Å². The zero-order valence-corrected chi connectivity index (χ0v) is 18.3. The van der Waals surface area contributed by atoms with E-state index in [2.05, 4.69) is 15.5 Å². The Balaban J connectivity index is 1.60. The molecule has 1 N–H and O–H groups in total. The summed E-state index contributed by atoms with van der Waals surface area (Å²) in [7, 11) is 0. The molecule has 0 bridgehead atoms. The van der Waals surface area contributed by atoms with Crippen LogP contribution < -0.4 is 5.32 Å². The summed E-state index contributed by atoms with van der Waals surface area (Å²) in [4.78, 5) is 28.9. The monoisotopic (exact) mass is 445 g/mol. The quantitative estimate of drug-likeness (QED) is 0.414. The summed E-state index contributed by atoms with van der Waals surface area (Å²) < 4.78 is 10.3. The van der Waals surface area contributed by atoms with Gasteiger partial charge in [-0.2, -0.15) is 0 Å². The Morgan fingerprint density at radius 3 is 2.73 bits per heavy atom. The van der Waals surface area contributed by atoms with E-state index in [9.17, 15) is 9.59 Å². The molecule has 9 heteroatoms. The number of pyridine rings is 1. The van der Waals surface area contributed by atoms with Crippen LogP contribution in [0.4, 0.5) is 5.69 Å². The molecule has 0 spiro atoms. The van der Waals surface area contributed by atoms with E-state index in [4.69, 9.17) is 20.9 Å². The zero-order chi connectivity index (χ0) is 21.7. The molecule has 1 amide bonds. The van der Waals surface area contributed by atoms with Gasteiger partial charge in [-0.25, -0.2) is 9.78 Å². The standard InChI is InChI=1S/C21H20ClN3O4S/c1-12-6-7-15(9-18(12)22)24-19(26)10-28-21(27)16-5-4-8-23-20(16)30-11-17-13(2)25-29-14(17)3/h4-9H,10-11H2,1-3H3,(H,24,26). The number of nitrogens with zero attached hydrogens (tertiary/aromatic N) is 2. The van der Waals surface area contributed by atoms with E-state index < -0.39 is 18.5 Å². The normalized spacial score (nSPS) is 10.7. The van der Waals surface area contributed by atoms with Crippen LogP contribution in [0.3, 0.4) is 0 Å². The van der Waals surface area contributed by atoms with Crippen molar-refractivity contribution in [3.8, 4) is 0 Å². The van der Waals surface area contributed by atoms with Gasteiger partial charge in [-0.3, -0.25) is 4.79 Å². The summed E-state index contributed by atoms with van der Waals surface area (Å²) >= 11 is 7.43. The number of carbonyl (C=O) groups is 2. The number of anilines is 1. The number of ether oxygens (including phenoxy) is 1. The molecule has 0 saturated carbocycles. The van der Waals surface area contributed by atoms with Gasteiger partial charge in [-0.15, -0.1) is 11.8 Å². The van der Waals surface area contributed by atoms with Crippen molar-refractivity contribution in [1.29, 1.82) is 0 Å². The number of benzene rings is 1. The average Bonchev–Trinajstić information content (AvgIpc) is 3.05. The molecule has 2 heterocycles. The van der Waals surface area contributed by atoms with Crippen LogP contribution in [0, 0.1) is 20.8 Å². The van der Waals surface area contributed by atoms with E-state index >= 15 is 0 Å². The van der Waals surface area contributed by atoms with Crippen LogP contribution in [-0.2, 0) is 15.3 Å². The second kappa shape index (κ2) is 9.77. The van der Waals surface area contributed by atoms with E-state index in [1.165, 1.54) is 11.8 Å². The second-order valence-electron chi connectivity index (χ2n) is 6.54. The highest BCUT2D eigenvalue weighted by molar-refractivity contribution is 7.98. The third-order valence-electron chi connectivity index (χ3n) is 4.32. The van der Waals surface area contributed by atoms with Crippen molar-refractivity contribution in [2.24, 2.45) is 0 Å². The molecule has 0 radical (unpaired) electrons. The number of esters is 1. The topological polar surface area (TPSA) is 94.3 Å². The minimum Gasteiger partial charge on any atom is -0.452 e. The van der Waals surface area contributed by atoms with E-state index in [1.54, 1.807) is 36.5 Å². The van der Waals surface area contributed by atoms with Crippen LogP contribution in [-0.4, -0.2) is 28.6 Å². The van der Waals surface area contributed by atoms with Crippen LogP contribution in [0.25, 0.3) is 0 Å². The molecule has 0 atom stereocenters. The van der Waals surface area contributed by atoms with Gasteiger partial charge < -0.3 is 14.6 Å². The van der Waals surface area contributed by atoms with Crippen LogP contribution in [0.5, 0.6) is 0 Å². The maximum Gasteiger partial charge on any atom is 0.341 e. The number of amides is 1. The molecule has 156 valence electrons. The number of aromatic nitrogens is 2. The highest BCUT2D eigenvalue weighted by Gasteiger charge is 2.18. The molecule has 2 aromatic heterocycles. The van der Waals surface area contributed by atoms with E-state index in [0.717, 1.165) is 22.6 Å². The van der Waals surface area contributed by atoms with Gasteiger partial charge in [0.1, 0.15) is 10.8 Å². The molecule has 0 unspecified atom stereocenters. The molecule has 7 nitrogen and oxygen atoms in total. The van der Waals surface area contributed by atoms with Gasteiger partial charge in [0.2, 0.25) is 0 Å². The largest absolute Gasteiger partial charge is 0.452 e. The summed E-state index contributed by atoms with van der Waals surface area (Å²) in [5.74, 6) is 0.194. The van der Waals surface area contributed by atoms with Crippen molar-refractivity contribution in [3.63, 3.8) is 0 Å². The molecule has 0 aliphatic carbocycles. The first-order valence-electron chi connectivity index (χ1n) is 9.08. The summed E-state index contributed by atoms with van der Waals surface area (Å²) in [5.41, 5.74) is 3.48. The Morgan fingerprint density at radius 1 is 1.23 bits per heavy atom. The van der Waals surface area contributed by atoms with Gasteiger partial charge in [-0.05, 0) is 50.6 Å². The number of thioether (sulfide) groups is 1. The molecule has 0 aliphatic rings. The Kier molecular flexibility index (Phi) is 7.12. The molecule has 0 fully saturated rings. The third-order valence-corrected chi connectivity index (χ3v) is 5.75. The van der Waals surface area contributed by atoms with E-state index in [-0.39, 0.29) is 0 Å². The predicted molar refractivity (Wildman–Crippen MR) is 115 cm³/mol. The van der Waals surface area contributed by atoms with Gasteiger partial charge in [0, 0.05) is 28.2 Å². The zero-order valence-electron chi connectivity index (χ0n) is 16.7. The molecule has 0 aliphatic heterocycles. The average molecular weight is 446 g/mol. The molecule has 30 heavy (non-hydrogen) atoms. The minimum absolute atomic E-state index is 0.292. The van der Waals surface area contributed by atoms with Crippen LogP contribution in [0.2, 0.25) is 5.02 Å². The van der Waals surface area contributed by atoms with Crippen molar-refractivity contribution in [3.05, 3.63) is 69.7 Å². The summed E-state index contributed by atoms with van der Waals surface area (Å²) in [6, 6.07) is 8.42. The lowest BCUT2D eigenvalue weighted by atomic mass is 10.2. The fourth-order valence-electron chi connectivity index (χ4n) is 2.59. The number of rotatable bonds is 7. The first-order chi connectivity index (χ1) is 14.3. The Hall–Kier alpha value is -2.84. The lowest BCUT2D eigenvalue weighted by molar-refractivity contribution is -0.119. The number of hydrogen-bond donors (Lipinski definition) is 1. The number of hydrogen-bond acceptors (Lipinski definition) is 7. The fraction of sp³-hybridized carbons (Fsp3) is 0.238. The van der Waals surface area contributed by atoms with Gasteiger partial charge in [0.05, 0.1) is 11.3 Å². The molecule has 1 aromatic carbocycles. The first-order valence-corrected chi connectivity index (χ1v) is 10.4.